The van der Waals surface area contributed by atoms with E-state index in [1.807, 2.05) is 0 Å². The highest BCUT2D eigenvalue weighted by Crippen LogP contribution is 2.23. The van der Waals surface area contributed by atoms with Crippen molar-refractivity contribution in [2.45, 2.75) is 13.3 Å². The predicted octanol–water partition coefficient (Wildman–Crippen LogP) is 3.33. The van der Waals surface area contributed by atoms with Crippen LogP contribution in [0.5, 0.6) is 0 Å². The van der Waals surface area contributed by atoms with Crippen molar-refractivity contribution >= 4 is 17.4 Å². The van der Waals surface area contributed by atoms with E-state index in [0.29, 0.717) is 13.0 Å². The van der Waals surface area contributed by atoms with Crippen LogP contribution in [0.25, 0.3) is 0 Å². The molecular formula is C12H14ClFO2. The van der Waals surface area contributed by atoms with Crippen molar-refractivity contribution in [1.82, 2.24) is 0 Å². The van der Waals surface area contributed by atoms with Crippen LogP contribution in [0.1, 0.15) is 23.7 Å². The standard InChI is InChI=1S/C12H14ClFO2/c1-8(6-7-16-2)12(15)9-4-3-5-10(14)11(9)13/h3-5,8H,6-7H2,1-2H3. The van der Waals surface area contributed by atoms with Gasteiger partial charge in [0.05, 0.1) is 5.02 Å². The monoisotopic (exact) mass is 244 g/mol. The van der Waals surface area contributed by atoms with Gasteiger partial charge in [-0.1, -0.05) is 24.6 Å². The highest BCUT2D eigenvalue weighted by molar-refractivity contribution is 6.34. The molecule has 16 heavy (non-hydrogen) atoms. The van der Waals surface area contributed by atoms with Crippen molar-refractivity contribution < 1.29 is 13.9 Å². The second-order valence-corrected chi connectivity index (χ2v) is 4.03. The first-order valence-electron chi connectivity index (χ1n) is 5.05. The second kappa shape index (κ2) is 5.97. The van der Waals surface area contributed by atoms with Gasteiger partial charge in [0.1, 0.15) is 5.82 Å². The molecule has 4 heteroatoms. The highest BCUT2D eigenvalue weighted by Gasteiger charge is 2.19. The zero-order chi connectivity index (χ0) is 12.1. The largest absolute Gasteiger partial charge is 0.385 e. The number of benzene rings is 1. The first kappa shape index (κ1) is 13.1. The van der Waals surface area contributed by atoms with E-state index in [1.54, 1.807) is 14.0 Å². The van der Waals surface area contributed by atoms with E-state index >= 15 is 0 Å². The number of carbonyl (C=O) groups is 1. The topological polar surface area (TPSA) is 26.3 Å². The summed E-state index contributed by atoms with van der Waals surface area (Å²) in [6.07, 6.45) is 0.599. The fourth-order valence-electron chi connectivity index (χ4n) is 1.39. The fraction of sp³-hybridized carbons (Fsp3) is 0.417. The predicted molar refractivity (Wildman–Crippen MR) is 61.4 cm³/mol. The number of carbonyl (C=O) groups excluding carboxylic acids is 1. The summed E-state index contributed by atoms with van der Waals surface area (Å²) in [4.78, 5) is 11.9. The van der Waals surface area contributed by atoms with Crippen LogP contribution in [0.4, 0.5) is 4.39 Å². The molecule has 0 aliphatic rings. The molecule has 0 aliphatic heterocycles. The third kappa shape index (κ3) is 3.03. The maximum absolute atomic E-state index is 13.1. The summed E-state index contributed by atoms with van der Waals surface area (Å²) in [5, 5.41) is -0.100. The molecular weight excluding hydrogens is 231 g/mol. The fourth-order valence-corrected chi connectivity index (χ4v) is 1.60. The Morgan fingerprint density at radius 2 is 2.25 bits per heavy atom. The molecule has 0 heterocycles. The molecule has 88 valence electrons. The summed E-state index contributed by atoms with van der Waals surface area (Å²) in [5.74, 6) is -0.938. The molecule has 0 N–H and O–H groups in total. The minimum Gasteiger partial charge on any atom is -0.385 e. The maximum Gasteiger partial charge on any atom is 0.167 e. The summed E-state index contributed by atoms with van der Waals surface area (Å²) in [6, 6.07) is 4.26. The van der Waals surface area contributed by atoms with Crippen LogP contribution >= 0.6 is 11.6 Å². The van der Waals surface area contributed by atoms with Crippen molar-refractivity contribution in [3.8, 4) is 0 Å². The van der Waals surface area contributed by atoms with Gasteiger partial charge in [-0.2, -0.15) is 0 Å². The minimum absolute atomic E-state index is 0.100. The molecule has 0 fully saturated rings. The molecule has 0 radical (unpaired) electrons. The van der Waals surface area contributed by atoms with Crippen LogP contribution in [-0.4, -0.2) is 19.5 Å². The average molecular weight is 245 g/mol. The number of hydrogen-bond acceptors (Lipinski definition) is 2. The summed E-state index contributed by atoms with van der Waals surface area (Å²) >= 11 is 5.74. The lowest BCUT2D eigenvalue weighted by molar-refractivity contribution is 0.0893. The lowest BCUT2D eigenvalue weighted by atomic mass is 9.96. The molecule has 1 unspecified atom stereocenters. The molecule has 0 spiro atoms. The number of rotatable bonds is 5. The van der Waals surface area contributed by atoms with Gasteiger partial charge < -0.3 is 4.74 Å². The summed E-state index contributed by atoms with van der Waals surface area (Å²) < 4.78 is 18.0. The van der Waals surface area contributed by atoms with Gasteiger partial charge in [0.15, 0.2) is 5.78 Å². The van der Waals surface area contributed by atoms with Gasteiger partial charge in [-0.3, -0.25) is 4.79 Å². The number of ether oxygens (including phenoxy) is 1. The van der Waals surface area contributed by atoms with Crippen molar-refractivity contribution in [3.05, 3.63) is 34.6 Å². The Bertz CT molecular complexity index is 379. The Morgan fingerprint density at radius 3 is 2.88 bits per heavy atom. The van der Waals surface area contributed by atoms with Gasteiger partial charge in [-0.15, -0.1) is 0 Å². The van der Waals surface area contributed by atoms with Gasteiger partial charge in [-0.05, 0) is 18.6 Å². The Labute approximate surface area is 99.4 Å². The zero-order valence-electron chi connectivity index (χ0n) is 9.30. The Hall–Kier alpha value is -0.930. The van der Waals surface area contributed by atoms with Gasteiger partial charge in [0.25, 0.3) is 0 Å². The number of methoxy groups -OCH3 is 1. The van der Waals surface area contributed by atoms with Crippen molar-refractivity contribution in [2.24, 2.45) is 5.92 Å². The summed E-state index contributed by atoms with van der Waals surface area (Å²) in [5.41, 5.74) is 0.241. The second-order valence-electron chi connectivity index (χ2n) is 3.65. The lowest BCUT2D eigenvalue weighted by Crippen LogP contribution is -2.14. The van der Waals surface area contributed by atoms with E-state index in [1.165, 1.54) is 18.2 Å². The summed E-state index contributed by atoms with van der Waals surface area (Å²) in [7, 11) is 1.58. The third-order valence-corrected chi connectivity index (χ3v) is 2.80. The van der Waals surface area contributed by atoms with Crippen molar-refractivity contribution in [1.29, 1.82) is 0 Å². The number of hydrogen-bond donors (Lipinski definition) is 0. The molecule has 0 saturated heterocycles. The SMILES string of the molecule is COCCC(C)C(=O)c1cccc(F)c1Cl. The number of ketones is 1. The van der Waals surface area contributed by atoms with Crippen LogP contribution in [0.2, 0.25) is 5.02 Å². The van der Waals surface area contributed by atoms with E-state index in [4.69, 9.17) is 16.3 Å². The third-order valence-electron chi connectivity index (χ3n) is 2.42. The van der Waals surface area contributed by atoms with Gasteiger partial charge in [0, 0.05) is 25.2 Å². The number of halogens is 2. The van der Waals surface area contributed by atoms with E-state index in [0.717, 1.165) is 0 Å². The van der Waals surface area contributed by atoms with E-state index in [-0.39, 0.29) is 22.3 Å². The average Bonchev–Trinajstić information content (AvgIpc) is 2.28. The molecule has 0 aliphatic carbocycles. The molecule has 2 nitrogen and oxygen atoms in total. The Morgan fingerprint density at radius 1 is 1.56 bits per heavy atom. The van der Waals surface area contributed by atoms with Crippen LogP contribution < -0.4 is 0 Å². The number of Topliss-reactive ketones (excluding diaryl/α,β-unsaturated/α-hetero) is 1. The van der Waals surface area contributed by atoms with Crippen LogP contribution in [0, 0.1) is 11.7 Å². The minimum atomic E-state index is -0.563. The zero-order valence-corrected chi connectivity index (χ0v) is 10.1. The van der Waals surface area contributed by atoms with Gasteiger partial charge in [-0.25, -0.2) is 4.39 Å². The molecule has 0 aromatic heterocycles. The van der Waals surface area contributed by atoms with E-state index in [2.05, 4.69) is 0 Å². The maximum atomic E-state index is 13.1. The highest BCUT2D eigenvalue weighted by atomic mass is 35.5. The molecule has 0 bridgehead atoms. The van der Waals surface area contributed by atoms with E-state index < -0.39 is 5.82 Å². The quantitative estimate of drug-likeness (QED) is 0.743. The van der Waals surface area contributed by atoms with Crippen LogP contribution in [0.15, 0.2) is 18.2 Å². The van der Waals surface area contributed by atoms with Gasteiger partial charge >= 0.3 is 0 Å². The Kier molecular flexibility index (Phi) is 4.90. The molecule has 1 atom stereocenters. The molecule has 1 rings (SSSR count). The normalized spacial score (nSPS) is 12.5. The lowest BCUT2D eigenvalue weighted by Gasteiger charge is -2.11. The first-order valence-corrected chi connectivity index (χ1v) is 5.43. The molecule has 1 aromatic carbocycles. The van der Waals surface area contributed by atoms with Crippen molar-refractivity contribution in [2.75, 3.05) is 13.7 Å². The van der Waals surface area contributed by atoms with Crippen LogP contribution in [-0.2, 0) is 4.74 Å². The smallest absolute Gasteiger partial charge is 0.167 e. The Balaban J connectivity index is 2.84. The first-order chi connectivity index (χ1) is 7.57. The summed E-state index contributed by atoms with van der Waals surface area (Å²) in [6.45, 7) is 2.28. The van der Waals surface area contributed by atoms with Crippen LogP contribution in [0.3, 0.4) is 0 Å². The van der Waals surface area contributed by atoms with E-state index in [9.17, 15) is 9.18 Å². The van der Waals surface area contributed by atoms with Crippen molar-refractivity contribution in [3.63, 3.8) is 0 Å². The van der Waals surface area contributed by atoms with Gasteiger partial charge in [0.2, 0.25) is 0 Å². The molecule has 1 aromatic rings. The molecule has 0 amide bonds. The molecule has 0 saturated carbocycles.